The van der Waals surface area contributed by atoms with E-state index in [1.165, 1.54) is 0 Å². The lowest BCUT2D eigenvalue weighted by atomic mass is 10.1. The lowest BCUT2D eigenvalue weighted by molar-refractivity contribution is -0.121. The lowest BCUT2D eigenvalue weighted by Crippen LogP contribution is -2.38. The number of nitrogens with one attached hydrogen (secondary N) is 2. The molecule has 1 aliphatic heterocycles. The highest BCUT2D eigenvalue weighted by atomic mass is 16.5. The highest BCUT2D eigenvalue weighted by Gasteiger charge is 2.23. The van der Waals surface area contributed by atoms with Gasteiger partial charge in [-0.1, -0.05) is 12.1 Å². The first kappa shape index (κ1) is 19.3. The summed E-state index contributed by atoms with van der Waals surface area (Å²) in [5, 5.41) is 12.0. The zero-order valence-corrected chi connectivity index (χ0v) is 17.6. The minimum absolute atomic E-state index is 0.00715. The van der Waals surface area contributed by atoms with Crippen LogP contribution in [0.5, 0.6) is 5.75 Å². The van der Waals surface area contributed by atoms with Gasteiger partial charge in [-0.05, 0) is 62.1 Å². The number of fused-ring (bicyclic) bond motifs is 3. The summed E-state index contributed by atoms with van der Waals surface area (Å²) in [5.74, 6) is 1.88. The van der Waals surface area contributed by atoms with Crippen molar-refractivity contribution in [2.24, 2.45) is 0 Å². The van der Waals surface area contributed by atoms with E-state index >= 15 is 0 Å². The quantitative estimate of drug-likeness (QED) is 0.530. The monoisotopic (exact) mass is 416 g/mol. The number of nitrogens with zero attached hydrogens (tertiary/aromatic N) is 4. The van der Waals surface area contributed by atoms with E-state index in [1.54, 1.807) is 11.6 Å². The molecule has 5 rings (SSSR count). The summed E-state index contributed by atoms with van der Waals surface area (Å²) < 4.78 is 6.97. The molecule has 0 unspecified atom stereocenters. The van der Waals surface area contributed by atoms with Crippen molar-refractivity contribution in [3.63, 3.8) is 0 Å². The molecule has 31 heavy (non-hydrogen) atoms. The number of aromatic nitrogens is 4. The number of aryl methyl sites for hydroxylation is 1. The van der Waals surface area contributed by atoms with E-state index in [1.807, 2.05) is 49.4 Å². The zero-order valence-electron chi connectivity index (χ0n) is 17.6. The van der Waals surface area contributed by atoms with Crippen LogP contribution in [-0.4, -0.2) is 45.2 Å². The number of hydrogen-bond acceptors (Lipinski definition) is 6. The molecule has 3 heterocycles. The molecule has 0 radical (unpaired) electrons. The molecule has 2 aromatic heterocycles. The summed E-state index contributed by atoms with van der Waals surface area (Å²) in [7, 11) is 1.64. The van der Waals surface area contributed by atoms with E-state index in [-0.39, 0.29) is 11.9 Å². The van der Waals surface area contributed by atoms with E-state index in [4.69, 9.17) is 19.8 Å². The van der Waals surface area contributed by atoms with Crippen molar-refractivity contribution in [2.45, 2.75) is 32.2 Å². The Morgan fingerprint density at radius 3 is 2.77 bits per heavy atom. The fraction of sp³-hybridized carbons (Fsp3) is 0.304. The van der Waals surface area contributed by atoms with Gasteiger partial charge in [0.1, 0.15) is 11.8 Å². The Bertz CT molecular complexity index is 1260. The molecule has 0 aliphatic carbocycles. The number of hydrogen-bond donors (Lipinski definition) is 2. The van der Waals surface area contributed by atoms with Gasteiger partial charge in [-0.25, -0.2) is 9.97 Å². The number of methoxy groups -OCH3 is 1. The Morgan fingerprint density at radius 1 is 1.13 bits per heavy atom. The number of ether oxygens (including phenoxy) is 1. The molecule has 158 valence electrons. The predicted octanol–water partition coefficient (Wildman–Crippen LogP) is 3.34. The van der Waals surface area contributed by atoms with E-state index in [0.717, 1.165) is 47.0 Å². The molecule has 1 saturated heterocycles. The van der Waals surface area contributed by atoms with Crippen molar-refractivity contribution < 1.29 is 9.53 Å². The molecule has 0 saturated carbocycles. The van der Waals surface area contributed by atoms with E-state index in [2.05, 4.69) is 10.6 Å². The summed E-state index contributed by atoms with van der Waals surface area (Å²) in [4.78, 5) is 22.2. The van der Waals surface area contributed by atoms with Crippen LogP contribution in [0.4, 0.5) is 5.95 Å². The van der Waals surface area contributed by atoms with E-state index in [9.17, 15) is 4.79 Å². The van der Waals surface area contributed by atoms with Gasteiger partial charge in [0.2, 0.25) is 11.9 Å². The third kappa shape index (κ3) is 3.54. The van der Waals surface area contributed by atoms with Crippen LogP contribution in [-0.2, 0) is 4.79 Å². The summed E-state index contributed by atoms with van der Waals surface area (Å²) >= 11 is 0. The third-order valence-electron chi connectivity index (χ3n) is 5.70. The van der Waals surface area contributed by atoms with Gasteiger partial charge in [-0.2, -0.15) is 4.52 Å². The molecule has 2 aromatic carbocycles. The number of carbonyl (C=O) groups excluding carboxylic acids is 1. The molecule has 1 atom stereocenters. The van der Waals surface area contributed by atoms with Crippen LogP contribution >= 0.6 is 0 Å². The number of rotatable bonds is 4. The topological polar surface area (TPSA) is 93.4 Å². The molecule has 1 aliphatic rings. The molecular formula is C23H24N6O2. The van der Waals surface area contributed by atoms with Gasteiger partial charge < -0.3 is 15.4 Å². The van der Waals surface area contributed by atoms with Crippen LogP contribution < -0.4 is 15.4 Å². The van der Waals surface area contributed by atoms with Crippen molar-refractivity contribution >= 4 is 28.4 Å². The van der Waals surface area contributed by atoms with Crippen molar-refractivity contribution in [3.8, 4) is 17.1 Å². The fourth-order valence-corrected chi connectivity index (χ4v) is 4.01. The van der Waals surface area contributed by atoms with E-state index < -0.39 is 0 Å². The Labute approximate surface area is 179 Å². The maximum Gasteiger partial charge on any atom is 0.242 e. The van der Waals surface area contributed by atoms with Crippen LogP contribution in [0.2, 0.25) is 0 Å². The number of anilines is 1. The van der Waals surface area contributed by atoms with Gasteiger partial charge in [-0.3, -0.25) is 4.79 Å². The third-order valence-corrected chi connectivity index (χ3v) is 5.70. The summed E-state index contributed by atoms with van der Waals surface area (Å²) in [6, 6.07) is 13.3. The minimum atomic E-state index is -0.353. The molecule has 8 nitrogen and oxygen atoms in total. The van der Waals surface area contributed by atoms with Crippen LogP contribution in [0.25, 0.3) is 27.9 Å². The van der Waals surface area contributed by atoms with Gasteiger partial charge >= 0.3 is 0 Å². The second-order valence-corrected chi connectivity index (χ2v) is 7.79. The second kappa shape index (κ2) is 7.86. The Morgan fingerprint density at radius 2 is 1.97 bits per heavy atom. The Hall–Kier alpha value is -3.68. The Kier molecular flexibility index (Phi) is 4.89. The van der Waals surface area contributed by atoms with Crippen molar-refractivity contribution in [3.05, 3.63) is 48.0 Å². The molecule has 0 bridgehead atoms. The number of benzene rings is 2. The molecule has 2 N–H and O–H groups in total. The zero-order chi connectivity index (χ0) is 21.4. The van der Waals surface area contributed by atoms with Crippen molar-refractivity contribution in [1.29, 1.82) is 0 Å². The first-order chi connectivity index (χ1) is 15.1. The fourth-order valence-electron chi connectivity index (χ4n) is 4.01. The number of carbonyl (C=O) groups is 1. The smallest absolute Gasteiger partial charge is 0.242 e. The molecule has 8 heteroatoms. The van der Waals surface area contributed by atoms with Crippen LogP contribution in [0.15, 0.2) is 42.5 Å². The van der Waals surface area contributed by atoms with Crippen LogP contribution in [0.1, 0.15) is 24.8 Å². The SMILES string of the molecule is COc1ccc(-c2nc3c4c(C)cccc4nc(N[C@@H]4CCCCNC4=O)n3n2)cc1. The molecule has 0 spiro atoms. The molecule has 1 amide bonds. The average Bonchev–Trinajstić information content (AvgIpc) is 3.13. The number of amides is 1. The van der Waals surface area contributed by atoms with Gasteiger partial charge in [0.25, 0.3) is 0 Å². The first-order valence-corrected chi connectivity index (χ1v) is 10.5. The molecule has 1 fully saturated rings. The molecule has 4 aromatic rings. The lowest BCUT2D eigenvalue weighted by Gasteiger charge is -2.17. The summed E-state index contributed by atoms with van der Waals surface area (Å²) in [5.41, 5.74) is 3.48. The minimum Gasteiger partial charge on any atom is -0.497 e. The normalized spacial score (nSPS) is 16.8. The largest absolute Gasteiger partial charge is 0.497 e. The summed E-state index contributed by atoms with van der Waals surface area (Å²) in [6.07, 6.45) is 2.70. The highest BCUT2D eigenvalue weighted by Crippen LogP contribution is 2.28. The second-order valence-electron chi connectivity index (χ2n) is 7.79. The highest BCUT2D eigenvalue weighted by molar-refractivity contribution is 5.96. The maximum absolute atomic E-state index is 12.5. The van der Waals surface area contributed by atoms with Crippen molar-refractivity contribution in [2.75, 3.05) is 19.0 Å². The Balaban J connectivity index is 1.66. The van der Waals surface area contributed by atoms with Gasteiger partial charge in [-0.15, -0.1) is 5.10 Å². The van der Waals surface area contributed by atoms with E-state index in [0.29, 0.717) is 24.0 Å². The van der Waals surface area contributed by atoms with Gasteiger partial charge in [0, 0.05) is 17.5 Å². The van der Waals surface area contributed by atoms with Crippen LogP contribution in [0, 0.1) is 6.92 Å². The standard InChI is InChI=1S/C23H24N6O2/c1-14-6-5-8-17-19(14)21-27-20(15-9-11-16(31-2)12-10-15)28-29(21)23(25-17)26-18-7-3-4-13-24-22(18)30/h5-6,8-12,18H,3-4,7,13H2,1-2H3,(H,24,30)(H,25,26)/t18-/m1/s1. The van der Waals surface area contributed by atoms with Crippen LogP contribution in [0.3, 0.4) is 0 Å². The molecular weight excluding hydrogens is 392 g/mol. The maximum atomic E-state index is 12.5. The van der Waals surface area contributed by atoms with Gasteiger partial charge in [0.15, 0.2) is 11.5 Å². The van der Waals surface area contributed by atoms with Crippen molar-refractivity contribution in [1.82, 2.24) is 24.9 Å². The average molecular weight is 416 g/mol. The first-order valence-electron chi connectivity index (χ1n) is 10.5. The van der Waals surface area contributed by atoms with Gasteiger partial charge in [0.05, 0.1) is 12.6 Å². The summed E-state index contributed by atoms with van der Waals surface area (Å²) in [6.45, 7) is 2.75. The predicted molar refractivity (Wildman–Crippen MR) is 119 cm³/mol.